The minimum absolute atomic E-state index is 0.154. The average molecular weight is 411 g/mol. The molecule has 5 aromatic rings. The molecule has 0 radical (unpaired) electrons. The molecule has 0 bridgehead atoms. The maximum absolute atomic E-state index is 12.8. The number of rotatable bonds is 5. The molecule has 0 aliphatic carbocycles. The zero-order valence-electron chi connectivity index (χ0n) is 15.9. The van der Waals surface area contributed by atoms with Gasteiger partial charge in [-0.3, -0.25) is 9.78 Å². The Kier molecular flexibility index (Phi) is 4.83. The Morgan fingerprint density at radius 3 is 2.70 bits per heavy atom. The van der Waals surface area contributed by atoms with Crippen molar-refractivity contribution in [3.05, 3.63) is 95.6 Å². The van der Waals surface area contributed by atoms with Crippen molar-refractivity contribution < 1.29 is 9.32 Å². The van der Waals surface area contributed by atoms with Crippen molar-refractivity contribution in [2.24, 2.45) is 0 Å². The van der Waals surface area contributed by atoms with Gasteiger partial charge in [-0.1, -0.05) is 41.6 Å². The van der Waals surface area contributed by atoms with Crippen molar-refractivity contribution >= 4 is 28.1 Å². The standard InChI is InChI=1S/C24H17N3O2S/c28-24(26-14-16-11-19(15-25-13-16)22-7-4-10-30-22)18-8-9-21-20(12-18)23(29-27-21)17-5-2-1-3-6-17/h1-13,15H,14H2,(H,26,28). The molecule has 0 unspecified atom stereocenters. The summed E-state index contributed by atoms with van der Waals surface area (Å²) in [5.74, 6) is 0.506. The lowest BCUT2D eigenvalue weighted by Crippen LogP contribution is -2.22. The van der Waals surface area contributed by atoms with Crippen LogP contribution in [-0.4, -0.2) is 16.0 Å². The first-order chi connectivity index (χ1) is 14.8. The molecule has 5 nitrogen and oxygen atoms in total. The van der Waals surface area contributed by atoms with Gasteiger partial charge in [-0.15, -0.1) is 11.3 Å². The minimum Gasteiger partial charge on any atom is -0.355 e. The molecule has 0 atom stereocenters. The van der Waals surface area contributed by atoms with Crippen molar-refractivity contribution in [2.75, 3.05) is 0 Å². The normalized spacial score (nSPS) is 10.9. The zero-order chi connectivity index (χ0) is 20.3. The Labute approximate surface area is 177 Å². The molecule has 0 saturated heterocycles. The highest BCUT2D eigenvalue weighted by Crippen LogP contribution is 2.29. The first-order valence-corrected chi connectivity index (χ1v) is 10.4. The smallest absolute Gasteiger partial charge is 0.251 e. The third-order valence-electron chi connectivity index (χ3n) is 4.83. The fraction of sp³-hybridized carbons (Fsp3) is 0.0417. The molecule has 0 saturated carbocycles. The van der Waals surface area contributed by atoms with Gasteiger partial charge in [0.1, 0.15) is 5.52 Å². The average Bonchev–Trinajstić information content (AvgIpc) is 3.48. The molecule has 30 heavy (non-hydrogen) atoms. The Morgan fingerprint density at radius 1 is 0.967 bits per heavy atom. The maximum atomic E-state index is 12.8. The molecule has 1 amide bonds. The van der Waals surface area contributed by atoms with E-state index >= 15 is 0 Å². The first kappa shape index (κ1) is 18.3. The van der Waals surface area contributed by atoms with Gasteiger partial charge in [-0.2, -0.15) is 0 Å². The van der Waals surface area contributed by atoms with Gasteiger partial charge in [0.15, 0.2) is 5.76 Å². The fourth-order valence-corrected chi connectivity index (χ4v) is 4.04. The van der Waals surface area contributed by atoms with E-state index in [1.54, 1.807) is 29.7 Å². The van der Waals surface area contributed by atoms with Gasteiger partial charge >= 0.3 is 0 Å². The first-order valence-electron chi connectivity index (χ1n) is 9.49. The number of carbonyl (C=O) groups is 1. The van der Waals surface area contributed by atoms with Crippen LogP contribution in [0.2, 0.25) is 0 Å². The second kappa shape index (κ2) is 7.93. The number of pyridine rings is 1. The number of carbonyl (C=O) groups excluding carboxylic acids is 1. The lowest BCUT2D eigenvalue weighted by Gasteiger charge is -2.07. The molecular formula is C24H17N3O2S. The van der Waals surface area contributed by atoms with Crippen LogP contribution in [-0.2, 0) is 6.54 Å². The third kappa shape index (κ3) is 3.60. The summed E-state index contributed by atoms with van der Waals surface area (Å²) in [5.41, 5.74) is 4.21. The van der Waals surface area contributed by atoms with Crippen molar-refractivity contribution in [1.82, 2.24) is 15.5 Å². The number of fused-ring (bicyclic) bond motifs is 1. The van der Waals surface area contributed by atoms with Crippen LogP contribution >= 0.6 is 11.3 Å². The molecule has 6 heteroatoms. The molecular weight excluding hydrogens is 394 g/mol. The van der Waals surface area contributed by atoms with E-state index in [4.69, 9.17) is 4.52 Å². The number of aromatic nitrogens is 2. The van der Waals surface area contributed by atoms with Crippen molar-refractivity contribution in [2.45, 2.75) is 6.54 Å². The highest BCUT2D eigenvalue weighted by atomic mass is 32.1. The quantitative estimate of drug-likeness (QED) is 0.412. The number of nitrogens with zero attached hydrogens (tertiary/aromatic N) is 2. The second-order valence-electron chi connectivity index (χ2n) is 6.85. The van der Waals surface area contributed by atoms with Crippen LogP contribution in [0.15, 0.2) is 89.0 Å². The van der Waals surface area contributed by atoms with Crippen LogP contribution in [0.4, 0.5) is 0 Å². The van der Waals surface area contributed by atoms with Crippen LogP contribution in [0.25, 0.3) is 32.7 Å². The van der Waals surface area contributed by atoms with Gasteiger partial charge in [0, 0.05) is 40.5 Å². The van der Waals surface area contributed by atoms with Crippen LogP contribution in [0.5, 0.6) is 0 Å². The van der Waals surface area contributed by atoms with Gasteiger partial charge in [-0.25, -0.2) is 0 Å². The summed E-state index contributed by atoms with van der Waals surface area (Å²) < 4.78 is 5.52. The summed E-state index contributed by atoms with van der Waals surface area (Å²) in [7, 11) is 0. The second-order valence-corrected chi connectivity index (χ2v) is 7.80. The molecule has 0 aliphatic rings. The van der Waals surface area contributed by atoms with Crippen LogP contribution in [0.1, 0.15) is 15.9 Å². The van der Waals surface area contributed by atoms with Gasteiger partial charge in [0.2, 0.25) is 0 Å². The molecule has 5 rings (SSSR count). The van der Waals surface area contributed by atoms with E-state index in [0.717, 1.165) is 32.5 Å². The van der Waals surface area contributed by atoms with Crippen molar-refractivity contribution in [3.8, 4) is 21.8 Å². The zero-order valence-corrected chi connectivity index (χ0v) is 16.7. The Bertz CT molecular complexity index is 1310. The van der Waals surface area contributed by atoms with Gasteiger partial charge in [-0.05, 0) is 41.3 Å². The van der Waals surface area contributed by atoms with Gasteiger partial charge in [0.25, 0.3) is 5.91 Å². The molecule has 0 fully saturated rings. The predicted molar refractivity (Wildman–Crippen MR) is 118 cm³/mol. The van der Waals surface area contributed by atoms with E-state index in [1.165, 1.54) is 0 Å². The number of benzene rings is 2. The molecule has 3 heterocycles. The Hall–Kier alpha value is -3.77. The van der Waals surface area contributed by atoms with E-state index in [0.29, 0.717) is 17.9 Å². The number of hydrogen-bond donors (Lipinski definition) is 1. The Balaban J connectivity index is 1.36. The highest BCUT2D eigenvalue weighted by molar-refractivity contribution is 7.13. The van der Waals surface area contributed by atoms with Gasteiger partial charge < -0.3 is 9.84 Å². The highest BCUT2D eigenvalue weighted by Gasteiger charge is 2.14. The monoisotopic (exact) mass is 411 g/mol. The van der Waals surface area contributed by atoms with Crippen molar-refractivity contribution in [1.29, 1.82) is 0 Å². The van der Waals surface area contributed by atoms with Crippen LogP contribution in [0.3, 0.4) is 0 Å². The van der Waals surface area contributed by atoms with E-state index in [2.05, 4.69) is 27.6 Å². The predicted octanol–water partition coefficient (Wildman–Crippen LogP) is 5.55. The van der Waals surface area contributed by atoms with E-state index < -0.39 is 0 Å². The maximum Gasteiger partial charge on any atom is 0.251 e. The third-order valence-corrected chi connectivity index (χ3v) is 5.75. The van der Waals surface area contributed by atoms with E-state index in [1.807, 2.05) is 54.0 Å². The molecule has 3 aromatic heterocycles. The molecule has 0 aliphatic heterocycles. The molecule has 1 N–H and O–H groups in total. The fourth-order valence-electron chi connectivity index (χ4n) is 3.33. The number of nitrogens with one attached hydrogen (secondary N) is 1. The summed E-state index contributed by atoms with van der Waals surface area (Å²) >= 11 is 1.67. The summed E-state index contributed by atoms with van der Waals surface area (Å²) in [6.45, 7) is 0.401. The summed E-state index contributed by atoms with van der Waals surface area (Å²) in [5, 5.41) is 9.94. The lowest BCUT2D eigenvalue weighted by atomic mass is 10.1. The van der Waals surface area contributed by atoms with Crippen LogP contribution < -0.4 is 5.32 Å². The summed E-state index contributed by atoms with van der Waals surface area (Å²) in [6.07, 6.45) is 3.61. The topological polar surface area (TPSA) is 68.0 Å². The largest absolute Gasteiger partial charge is 0.355 e. The SMILES string of the molecule is O=C(NCc1cncc(-c2cccs2)c1)c1ccc2noc(-c3ccccc3)c2c1. The van der Waals surface area contributed by atoms with E-state index in [-0.39, 0.29) is 5.91 Å². The summed E-state index contributed by atoms with van der Waals surface area (Å²) in [6, 6.07) is 21.3. The number of hydrogen-bond acceptors (Lipinski definition) is 5. The number of amides is 1. The molecule has 2 aromatic carbocycles. The summed E-state index contributed by atoms with van der Waals surface area (Å²) in [4.78, 5) is 18.2. The molecule has 0 spiro atoms. The van der Waals surface area contributed by atoms with Gasteiger partial charge in [0.05, 0.1) is 5.39 Å². The van der Waals surface area contributed by atoms with Crippen molar-refractivity contribution in [3.63, 3.8) is 0 Å². The number of thiophene rings is 1. The lowest BCUT2D eigenvalue weighted by molar-refractivity contribution is 0.0951. The van der Waals surface area contributed by atoms with E-state index in [9.17, 15) is 4.79 Å². The Morgan fingerprint density at radius 2 is 1.87 bits per heavy atom. The molecule has 146 valence electrons. The van der Waals surface area contributed by atoms with Crippen LogP contribution in [0, 0.1) is 0 Å². The minimum atomic E-state index is -0.154.